The molecular formula is CH7N2O2P. The molecule has 1 amide bonds. The van der Waals surface area contributed by atoms with Gasteiger partial charge < -0.3 is 15.3 Å². The SMILES string of the molecule is NNC(=O)[O-].[PH4+]. The van der Waals surface area contributed by atoms with Gasteiger partial charge in [0.05, 0.1) is 0 Å². The zero-order chi connectivity index (χ0) is 4.28. The topological polar surface area (TPSA) is 78.2 Å². The fourth-order valence-corrected chi connectivity index (χ4v) is 0. The summed E-state index contributed by atoms with van der Waals surface area (Å²) < 4.78 is 0. The van der Waals surface area contributed by atoms with Gasteiger partial charge in [-0.15, -0.1) is 0 Å². The number of hydrazine groups is 1. The van der Waals surface area contributed by atoms with E-state index < -0.39 is 6.09 Å². The highest BCUT2D eigenvalue weighted by atomic mass is 31.0. The molecule has 1 atom stereocenters. The van der Waals surface area contributed by atoms with Gasteiger partial charge in [-0.05, 0) is 9.90 Å². The Morgan fingerprint density at radius 1 is 1.83 bits per heavy atom. The van der Waals surface area contributed by atoms with Gasteiger partial charge in [-0.2, -0.15) is 0 Å². The first-order chi connectivity index (χ1) is 2.27. The van der Waals surface area contributed by atoms with Crippen LogP contribution in [0.2, 0.25) is 0 Å². The van der Waals surface area contributed by atoms with Crippen LogP contribution in [0.3, 0.4) is 0 Å². The Kier molecular flexibility index (Phi) is 7.13. The van der Waals surface area contributed by atoms with Crippen LogP contribution < -0.4 is 16.4 Å². The summed E-state index contributed by atoms with van der Waals surface area (Å²) in [6, 6.07) is 0. The van der Waals surface area contributed by atoms with Crippen molar-refractivity contribution in [3.63, 3.8) is 0 Å². The lowest BCUT2D eigenvalue weighted by molar-refractivity contribution is -0.250. The Morgan fingerprint density at radius 3 is 2.00 bits per heavy atom. The first kappa shape index (κ1) is 9.18. The Bertz CT molecular complexity index is 46.8. The molecule has 0 aromatic rings. The second-order valence-corrected chi connectivity index (χ2v) is 0.432. The third-order valence-corrected chi connectivity index (χ3v) is 0.118. The molecule has 0 aromatic heterocycles. The highest BCUT2D eigenvalue weighted by molar-refractivity contribution is 6.92. The van der Waals surface area contributed by atoms with Crippen LogP contribution >= 0.6 is 9.90 Å². The Labute approximate surface area is 38.3 Å². The number of carboxylic acid groups (broad SMARTS) is 1. The minimum Gasteiger partial charge on any atom is -0.529 e. The van der Waals surface area contributed by atoms with E-state index in [2.05, 4.69) is 5.84 Å². The van der Waals surface area contributed by atoms with E-state index >= 15 is 0 Å². The third kappa shape index (κ3) is 9.40. The maximum atomic E-state index is 9.02. The van der Waals surface area contributed by atoms with Crippen LogP contribution in [0, 0.1) is 0 Å². The highest BCUT2D eigenvalue weighted by Crippen LogP contribution is 1.32. The van der Waals surface area contributed by atoms with Gasteiger partial charge in [0.25, 0.3) is 0 Å². The largest absolute Gasteiger partial charge is 0.529 e. The Balaban J connectivity index is 0. The molecule has 0 saturated carbocycles. The molecule has 3 N–H and O–H groups in total. The summed E-state index contributed by atoms with van der Waals surface area (Å²) >= 11 is 0. The van der Waals surface area contributed by atoms with E-state index in [0.29, 0.717) is 0 Å². The van der Waals surface area contributed by atoms with Crippen molar-refractivity contribution in [2.75, 3.05) is 0 Å². The number of carbonyl (C=O) groups excluding carboxylic acids is 1. The van der Waals surface area contributed by atoms with E-state index in [1.54, 1.807) is 0 Å². The average molecular weight is 110 g/mol. The fourth-order valence-electron chi connectivity index (χ4n) is 0. The summed E-state index contributed by atoms with van der Waals surface area (Å²) in [6.07, 6.45) is -1.47. The predicted octanol–water partition coefficient (Wildman–Crippen LogP) is -2.42. The summed E-state index contributed by atoms with van der Waals surface area (Å²) in [5, 5.41) is 9.02. The summed E-state index contributed by atoms with van der Waals surface area (Å²) in [7, 11) is 0. The summed E-state index contributed by atoms with van der Waals surface area (Å²) in [5.41, 5.74) is 1.33. The molecule has 0 bridgehead atoms. The van der Waals surface area contributed by atoms with E-state index in [1.165, 1.54) is 5.43 Å². The van der Waals surface area contributed by atoms with Gasteiger partial charge in [-0.3, -0.25) is 0 Å². The molecule has 6 heavy (non-hydrogen) atoms. The van der Waals surface area contributed by atoms with Crippen molar-refractivity contribution in [1.82, 2.24) is 5.43 Å². The quantitative estimate of drug-likeness (QED) is 0.158. The maximum Gasteiger partial charge on any atom is 0.149 e. The van der Waals surface area contributed by atoms with E-state index in [-0.39, 0.29) is 9.90 Å². The number of rotatable bonds is 0. The minimum absolute atomic E-state index is 0. The first-order valence-electron chi connectivity index (χ1n) is 0.947. The van der Waals surface area contributed by atoms with Crippen molar-refractivity contribution in [3.8, 4) is 0 Å². The minimum atomic E-state index is -1.47. The molecule has 0 rings (SSSR count). The standard InChI is InChI=1S/CH4N2O2.H3P/c2-3-1(4)5;/h3H,2H2,(H,4,5);1H3. The summed E-state index contributed by atoms with van der Waals surface area (Å²) in [6.45, 7) is 0. The molecule has 0 radical (unpaired) electrons. The molecule has 38 valence electrons. The molecule has 0 fully saturated rings. The van der Waals surface area contributed by atoms with Crippen molar-refractivity contribution in [3.05, 3.63) is 0 Å². The number of hydrogen-bond acceptors (Lipinski definition) is 3. The molecule has 0 aliphatic carbocycles. The first-order valence-corrected chi connectivity index (χ1v) is 0.947. The normalized spacial score (nSPS) is 5.50. The van der Waals surface area contributed by atoms with Gasteiger partial charge in [0.2, 0.25) is 0 Å². The van der Waals surface area contributed by atoms with Gasteiger partial charge >= 0.3 is 0 Å². The molecule has 4 nitrogen and oxygen atoms in total. The molecule has 1 unspecified atom stereocenters. The van der Waals surface area contributed by atoms with Crippen LogP contribution in [0.5, 0.6) is 0 Å². The van der Waals surface area contributed by atoms with Crippen molar-refractivity contribution < 1.29 is 9.90 Å². The number of carbonyl (C=O) groups is 1. The number of hydrogen-bond donors (Lipinski definition) is 2. The van der Waals surface area contributed by atoms with Crippen LogP contribution in [0.25, 0.3) is 0 Å². The van der Waals surface area contributed by atoms with Crippen molar-refractivity contribution >= 4 is 16.0 Å². The molecule has 0 spiro atoms. The number of nitrogens with two attached hydrogens (primary N) is 1. The van der Waals surface area contributed by atoms with Gasteiger partial charge in [-0.25, -0.2) is 5.84 Å². The lowest BCUT2D eigenvalue weighted by Gasteiger charge is -1.92. The smallest absolute Gasteiger partial charge is 0.149 e. The predicted molar refractivity (Wildman–Crippen MR) is 25.2 cm³/mol. The molecule has 0 aliphatic heterocycles. The zero-order valence-corrected chi connectivity index (χ0v) is 5.39. The van der Waals surface area contributed by atoms with Crippen LogP contribution in [0.4, 0.5) is 4.79 Å². The molecule has 0 saturated heterocycles. The van der Waals surface area contributed by atoms with Crippen molar-refractivity contribution in [2.24, 2.45) is 5.84 Å². The van der Waals surface area contributed by atoms with Crippen molar-refractivity contribution in [1.29, 1.82) is 0 Å². The fraction of sp³-hybridized carbons (Fsp3) is 0. The number of amides is 1. The maximum absolute atomic E-state index is 9.02. The van der Waals surface area contributed by atoms with E-state index in [1.807, 2.05) is 0 Å². The summed E-state index contributed by atoms with van der Waals surface area (Å²) in [5.74, 6) is 4.26. The van der Waals surface area contributed by atoms with Gasteiger partial charge in [0.1, 0.15) is 6.09 Å². The van der Waals surface area contributed by atoms with Crippen LogP contribution in [-0.2, 0) is 0 Å². The summed E-state index contributed by atoms with van der Waals surface area (Å²) in [4.78, 5) is 9.02. The average Bonchev–Trinajstić information content (AvgIpc) is 1.38. The van der Waals surface area contributed by atoms with E-state index in [9.17, 15) is 0 Å². The van der Waals surface area contributed by atoms with E-state index in [0.717, 1.165) is 0 Å². The van der Waals surface area contributed by atoms with Crippen molar-refractivity contribution in [2.45, 2.75) is 0 Å². The van der Waals surface area contributed by atoms with Crippen LogP contribution in [0.1, 0.15) is 0 Å². The van der Waals surface area contributed by atoms with Gasteiger partial charge in [0.15, 0.2) is 0 Å². The van der Waals surface area contributed by atoms with Gasteiger partial charge in [-0.1, -0.05) is 0 Å². The second-order valence-electron chi connectivity index (χ2n) is 0.432. The molecule has 0 aromatic carbocycles. The van der Waals surface area contributed by atoms with Crippen LogP contribution in [0.15, 0.2) is 0 Å². The number of nitrogens with one attached hydrogen (secondary N) is 1. The lowest BCUT2D eigenvalue weighted by atomic mass is 11.3. The zero-order valence-electron chi connectivity index (χ0n) is 3.39. The molecular weight excluding hydrogens is 103 g/mol. The van der Waals surface area contributed by atoms with Crippen LogP contribution in [-0.4, -0.2) is 6.09 Å². The van der Waals surface area contributed by atoms with E-state index in [4.69, 9.17) is 9.90 Å². The highest BCUT2D eigenvalue weighted by Gasteiger charge is 1.59. The van der Waals surface area contributed by atoms with Gasteiger partial charge in [0, 0.05) is 0 Å². The Morgan fingerprint density at radius 2 is 2.00 bits per heavy atom. The molecule has 0 heterocycles. The monoisotopic (exact) mass is 110 g/mol. The lowest BCUT2D eigenvalue weighted by Crippen LogP contribution is -2.40. The Hall–Kier alpha value is -0.340. The molecule has 5 heteroatoms. The molecule has 0 aliphatic rings. The third-order valence-electron chi connectivity index (χ3n) is 0.118. The second kappa shape index (κ2) is 4.66.